The highest BCUT2D eigenvalue weighted by molar-refractivity contribution is 5.82. The first kappa shape index (κ1) is 11.8. The third kappa shape index (κ3) is 2.05. The van der Waals surface area contributed by atoms with Gasteiger partial charge in [0.2, 0.25) is 0 Å². The number of Topliss-reactive ketones (excluding diaryl/α,β-unsaturated/α-hetero) is 1. The molecule has 3 rings (SSSR count). The first-order valence-electron chi connectivity index (χ1n) is 7.00. The Morgan fingerprint density at radius 2 is 2.11 bits per heavy atom. The van der Waals surface area contributed by atoms with Crippen molar-refractivity contribution in [3.63, 3.8) is 0 Å². The zero-order chi connectivity index (χ0) is 12.5. The van der Waals surface area contributed by atoms with Gasteiger partial charge in [-0.05, 0) is 42.7 Å². The fourth-order valence-electron chi connectivity index (χ4n) is 3.42. The van der Waals surface area contributed by atoms with Crippen LogP contribution in [-0.2, 0) is 4.79 Å². The molecule has 0 amide bonds. The fraction of sp³-hybridized carbons (Fsp3) is 0.562. The summed E-state index contributed by atoms with van der Waals surface area (Å²) < 4.78 is 5.70. The van der Waals surface area contributed by atoms with Gasteiger partial charge in [0.15, 0.2) is 0 Å². The lowest BCUT2D eigenvalue weighted by molar-refractivity contribution is -0.120. The number of benzene rings is 1. The molecule has 0 N–H and O–H groups in total. The summed E-state index contributed by atoms with van der Waals surface area (Å²) in [5, 5.41) is 0. The zero-order valence-electron chi connectivity index (χ0n) is 10.9. The van der Waals surface area contributed by atoms with Crippen LogP contribution in [0.2, 0.25) is 0 Å². The second-order valence-electron chi connectivity index (χ2n) is 5.66. The molecule has 2 heteroatoms. The molecule has 1 aliphatic heterocycles. The van der Waals surface area contributed by atoms with Gasteiger partial charge in [0, 0.05) is 12.3 Å². The SMILES string of the molecule is CC1C(=O)CCC1CC1CCOc2ccccc21. The molecule has 0 aromatic heterocycles. The second kappa shape index (κ2) is 4.75. The molecule has 1 aromatic rings. The molecular weight excluding hydrogens is 224 g/mol. The summed E-state index contributed by atoms with van der Waals surface area (Å²) in [7, 11) is 0. The maximum absolute atomic E-state index is 11.6. The van der Waals surface area contributed by atoms with E-state index in [0.717, 1.165) is 38.0 Å². The Morgan fingerprint density at radius 1 is 1.28 bits per heavy atom. The van der Waals surface area contributed by atoms with E-state index < -0.39 is 0 Å². The minimum Gasteiger partial charge on any atom is -0.493 e. The number of ketones is 1. The minimum absolute atomic E-state index is 0.264. The Morgan fingerprint density at radius 3 is 2.89 bits per heavy atom. The van der Waals surface area contributed by atoms with Crippen LogP contribution >= 0.6 is 0 Å². The van der Waals surface area contributed by atoms with Gasteiger partial charge in [0.25, 0.3) is 0 Å². The summed E-state index contributed by atoms with van der Waals surface area (Å²) >= 11 is 0. The van der Waals surface area contributed by atoms with Crippen LogP contribution in [-0.4, -0.2) is 12.4 Å². The van der Waals surface area contributed by atoms with E-state index in [4.69, 9.17) is 4.74 Å². The van der Waals surface area contributed by atoms with Crippen LogP contribution in [0.25, 0.3) is 0 Å². The second-order valence-corrected chi connectivity index (χ2v) is 5.66. The van der Waals surface area contributed by atoms with Gasteiger partial charge < -0.3 is 4.74 Å². The quantitative estimate of drug-likeness (QED) is 0.795. The van der Waals surface area contributed by atoms with Crippen molar-refractivity contribution in [2.75, 3.05) is 6.61 Å². The number of hydrogen-bond donors (Lipinski definition) is 0. The highest BCUT2D eigenvalue weighted by atomic mass is 16.5. The molecule has 1 saturated carbocycles. The molecule has 3 atom stereocenters. The van der Waals surface area contributed by atoms with E-state index in [1.165, 1.54) is 5.56 Å². The van der Waals surface area contributed by atoms with Crippen LogP contribution in [0.5, 0.6) is 5.75 Å². The molecule has 0 bridgehead atoms. The number of hydrogen-bond acceptors (Lipinski definition) is 2. The molecule has 96 valence electrons. The van der Waals surface area contributed by atoms with Gasteiger partial charge in [-0.15, -0.1) is 0 Å². The molecule has 18 heavy (non-hydrogen) atoms. The first-order chi connectivity index (χ1) is 8.75. The van der Waals surface area contributed by atoms with Crippen LogP contribution in [0, 0.1) is 11.8 Å². The fourth-order valence-corrected chi connectivity index (χ4v) is 3.42. The van der Waals surface area contributed by atoms with Crippen molar-refractivity contribution in [2.24, 2.45) is 11.8 Å². The Kier molecular flexibility index (Phi) is 3.11. The van der Waals surface area contributed by atoms with E-state index in [9.17, 15) is 4.79 Å². The number of para-hydroxylation sites is 1. The van der Waals surface area contributed by atoms with Gasteiger partial charge in [-0.2, -0.15) is 0 Å². The number of fused-ring (bicyclic) bond motifs is 1. The van der Waals surface area contributed by atoms with E-state index >= 15 is 0 Å². The van der Waals surface area contributed by atoms with Crippen molar-refractivity contribution < 1.29 is 9.53 Å². The lowest BCUT2D eigenvalue weighted by Gasteiger charge is -2.28. The van der Waals surface area contributed by atoms with Crippen molar-refractivity contribution in [1.82, 2.24) is 0 Å². The largest absolute Gasteiger partial charge is 0.493 e. The molecule has 1 aliphatic carbocycles. The number of carbonyl (C=O) groups excluding carboxylic acids is 1. The molecule has 1 aromatic carbocycles. The number of carbonyl (C=O) groups is 1. The van der Waals surface area contributed by atoms with Crippen molar-refractivity contribution >= 4 is 5.78 Å². The van der Waals surface area contributed by atoms with Crippen molar-refractivity contribution in [3.05, 3.63) is 29.8 Å². The summed E-state index contributed by atoms with van der Waals surface area (Å²) in [6.07, 6.45) is 4.11. The van der Waals surface area contributed by atoms with Crippen molar-refractivity contribution in [1.29, 1.82) is 0 Å². The van der Waals surface area contributed by atoms with Crippen molar-refractivity contribution in [2.45, 2.75) is 38.5 Å². The van der Waals surface area contributed by atoms with Crippen LogP contribution in [0.4, 0.5) is 0 Å². The molecule has 1 fully saturated rings. The molecule has 2 aliphatic rings. The third-order valence-electron chi connectivity index (χ3n) is 4.65. The van der Waals surface area contributed by atoms with E-state index in [2.05, 4.69) is 25.1 Å². The highest BCUT2D eigenvalue weighted by Crippen LogP contribution is 2.42. The molecular formula is C16H20O2. The molecule has 0 spiro atoms. The lowest BCUT2D eigenvalue weighted by atomic mass is 9.81. The minimum atomic E-state index is 0.264. The van der Waals surface area contributed by atoms with Crippen LogP contribution in [0.3, 0.4) is 0 Å². The van der Waals surface area contributed by atoms with Gasteiger partial charge in [0.05, 0.1) is 6.61 Å². The summed E-state index contributed by atoms with van der Waals surface area (Å²) in [4.78, 5) is 11.6. The van der Waals surface area contributed by atoms with E-state index in [0.29, 0.717) is 17.6 Å². The summed E-state index contributed by atoms with van der Waals surface area (Å²) in [5.41, 5.74) is 1.34. The normalized spacial score (nSPS) is 30.9. The molecule has 1 heterocycles. The molecule has 2 nitrogen and oxygen atoms in total. The lowest BCUT2D eigenvalue weighted by Crippen LogP contribution is -2.19. The number of rotatable bonds is 2. The predicted molar refractivity (Wildman–Crippen MR) is 70.8 cm³/mol. The highest BCUT2D eigenvalue weighted by Gasteiger charge is 2.34. The molecule has 0 saturated heterocycles. The Hall–Kier alpha value is -1.31. The Balaban J connectivity index is 1.77. The van der Waals surface area contributed by atoms with Gasteiger partial charge in [0.1, 0.15) is 11.5 Å². The van der Waals surface area contributed by atoms with E-state index in [-0.39, 0.29) is 5.92 Å². The maximum Gasteiger partial charge on any atom is 0.135 e. The smallest absolute Gasteiger partial charge is 0.135 e. The predicted octanol–water partition coefficient (Wildman–Crippen LogP) is 3.56. The van der Waals surface area contributed by atoms with Gasteiger partial charge >= 0.3 is 0 Å². The third-order valence-corrected chi connectivity index (χ3v) is 4.65. The van der Waals surface area contributed by atoms with E-state index in [1.54, 1.807) is 0 Å². The van der Waals surface area contributed by atoms with Crippen LogP contribution < -0.4 is 4.74 Å². The average Bonchev–Trinajstić information content (AvgIpc) is 2.71. The van der Waals surface area contributed by atoms with Gasteiger partial charge in [-0.3, -0.25) is 4.79 Å². The van der Waals surface area contributed by atoms with Crippen LogP contribution in [0.1, 0.15) is 44.1 Å². The molecule has 3 unspecified atom stereocenters. The summed E-state index contributed by atoms with van der Waals surface area (Å²) in [5.74, 6) is 2.92. The zero-order valence-corrected chi connectivity index (χ0v) is 10.9. The van der Waals surface area contributed by atoms with Gasteiger partial charge in [-0.1, -0.05) is 25.1 Å². The average molecular weight is 244 g/mol. The standard InChI is InChI=1S/C16H20O2/c1-11-12(6-7-15(11)17)10-13-8-9-18-16-5-3-2-4-14(13)16/h2-5,11-13H,6-10H2,1H3. The van der Waals surface area contributed by atoms with Crippen LogP contribution in [0.15, 0.2) is 24.3 Å². The first-order valence-corrected chi connectivity index (χ1v) is 7.00. The van der Waals surface area contributed by atoms with Gasteiger partial charge in [-0.25, -0.2) is 0 Å². The topological polar surface area (TPSA) is 26.3 Å². The number of ether oxygens (including phenoxy) is 1. The Labute approximate surface area is 108 Å². The molecule has 0 radical (unpaired) electrons. The maximum atomic E-state index is 11.6. The van der Waals surface area contributed by atoms with Crippen molar-refractivity contribution in [3.8, 4) is 5.75 Å². The van der Waals surface area contributed by atoms with E-state index in [1.807, 2.05) is 6.07 Å². The summed E-state index contributed by atoms with van der Waals surface area (Å²) in [6.45, 7) is 2.92. The summed E-state index contributed by atoms with van der Waals surface area (Å²) in [6, 6.07) is 8.36. The Bertz CT molecular complexity index is 452. The monoisotopic (exact) mass is 244 g/mol.